The summed E-state index contributed by atoms with van der Waals surface area (Å²) in [5.41, 5.74) is 0.815. The maximum atomic E-state index is 4.37. The zero-order chi connectivity index (χ0) is 13.9. The molecule has 0 saturated carbocycles. The van der Waals surface area contributed by atoms with Crippen LogP contribution in [0.1, 0.15) is 13.3 Å². The Morgan fingerprint density at radius 3 is 2.65 bits per heavy atom. The first-order valence-corrected chi connectivity index (χ1v) is 6.78. The van der Waals surface area contributed by atoms with Crippen LogP contribution in [0.3, 0.4) is 0 Å². The molecule has 0 saturated heterocycles. The van der Waals surface area contributed by atoms with Crippen molar-refractivity contribution in [3.63, 3.8) is 0 Å². The Morgan fingerprint density at radius 1 is 1.15 bits per heavy atom. The summed E-state index contributed by atoms with van der Waals surface area (Å²) in [5, 5.41) is 14.2. The zero-order valence-corrected chi connectivity index (χ0v) is 11.7. The first kappa shape index (κ1) is 12.6. The molecule has 0 atom stereocenters. The van der Waals surface area contributed by atoms with Crippen molar-refractivity contribution in [2.75, 3.05) is 11.9 Å². The first-order valence-electron chi connectivity index (χ1n) is 6.78. The maximum Gasteiger partial charge on any atom is 0.160 e. The highest BCUT2D eigenvalue weighted by molar-refractivity contribution is 5.99. The van der Waals surface area contributed by atoms with E-state index in [0.29, 0.717) is 0 Å². The fourth-order valence-corrected chi connectivity index (χ4v) is 2.24. The van der Waals surface area contributed by atoms with Crippen molar-refractivity contribution in [3.8, 4) is 11.5 Å². The first-order chi connectivity index (χ1) is 9.81. The van der Waals surface area contributed by atoms with Gasteiger partial charge in [0, 0.05) is 36.8 Å². The molecule has 1 aromatic carbocycles. The van der Waals surface area contributed by atoms with Gasteiger partial charge in [-0.3, -0.25) is 0 Å². The lowest BCUT2D eigenvalue weighted by atomic mass is 10.1. The zero-order valence-electron chi connectivity index (χ0n) is 11.7. The SMILES string of the molecule is CCCNc1nnc(-c2nccn2C)c2ccccc12. The number of aromatic nitrogens is 4. The van der Waals surface area contributed by atoms with Gasteiger partial charge in [0.05, 0.1) is 0 Å². The van der Waals surface area contributed by atoms with Gasteiger partial charge in [-0.2, -0.15) is 0 Å². The van der Waals surface area contributed by atoms with Gasteiger partial charge in [0.25, 0.3) is 0 Å². The second kappa shape index (κ2) is 5.28. The number of hydrogen-bond donors (Lipinski definition) is 1. The van der Waals surface area contributed by atoms with Gasteiger partial charge in [-0.25, -0.2) is 4.98 Å². The molecule has 2 heterocycles. The molecule has 5 nitrogen and oxygen atoms in total. The monoisotopic (exact) mass is 267 g/mol. The highest BCUT2D eigenvalue weighted by Gasteiger charge is 2.13. The van der Waals surface area contributed by atoms with Gasteiger partial charge >= 0.3 is 0 Å². The van der Waals surface area contributed by atoms with Crippen molar-refractivity contribution in [2.24, 2.45) is 7.05 Å². The van der Waals surface area contributed by atoms with Crippen LogP contribution in [0.5, 0.6) is 0 Å². The van der Waals surface area contributed by atoms with Gasteiger partial charge < -0.3 is 9.88 Å². The Labute approximate surface area is 117 Å². The molecule has 20 heavy (non-hydrogen) atoms. The molecule has 0 aliphatic rings. The number of nitrogens with zero attached hydrogens (tertiary/aromatic N) is 4. The van der Waals surface area contributed by atoms with Crippen molar-refractivity contribution in [2.45, 2.75) is 13.3 Å². The number of fused-ring (bicyclic) bond motifs is 1. The standard InChI is InChI=1S/C15H17N5/c1-3-8-16-14-12-7-5-4-6-11(12)13(18-19-14)15-17-9-10-20(15)2/h4-7,9-10H,3,8H2,1-2H3,(H,16,19). The molecular formula is C15H17N5. The summed E-state index contributed by atoms with van der Waals surface area (Å²) in [5.74, 6) is 1.66. The van der Waals surface area contributed by atoms with Crippen molar-refractivity contribution in [3.05, 3.63) is 36.7 Å². The molecule has 0 radical (unpaired) electrons. The highest BCUT2D eigenvalue weighted by atomic mass is 15.2. The summed E-state index contributed by atoms with van der Waals surface area (Å²) in [6.45, 7) is 3.02. The average molecular weight is 267 g/mol. The van der Waals surface area contributed by atoms with E-state index in [9.17, 15) is 0 Å². The van der Waals surface area contributed by atoms with Crippen LogP contribution in [0.2, 0.25) is 0 Å². The number of rotatable bonds is 4. The Morgan fingerprint density at radius 2 is 1.95 bits per heavy atom. The molecule has 0 fully saturated rings. The molecule has 5 heteroatoms. The Bertz CT molecular complexity index is 732. The Balaban J connectivity index is 2.19. The summed E-state index contributed by atoms with van der Waals surface area (Å²) < 4.78 is 1.95. The molecule has 1 N–H and O–H groups in total. The molecular weight excluding hydrogens is 250 g/mol. The van der Waals surface area contributed by atoms with E-state index in [0.717, 1.165) is 41.1 Å². The van der Waals surface area contributed by atoms with Crippen LogP contribution in [-0.4, -0.2) is 26.3 Å². The highest BCUT2D eigenvalue weighted by Crippen LogP contribution is 2.28. The lowest BCUT2D eigenvalue weighted by Crippen LogP contribution is -2.05. The minimum absolute atomic E-state index is 0.815. The summed E-state index contributed by atoms with van der Waals surface area (Å²) in [6.07, 6.45) is 4.74. The van der Waals surface area contributed by atoms with Gasteiger partial charge in [0.15, 0.2) is 11.6 Å². The summed E-state index contributed by atoms with van der Waals surface area (Å²) >= 11 is 0. The molecule has 0 aliphatic carbocycles. The number of anilines is 1. The van der Waals surface area contributed by atoms with Crippen LogP contribution >= 0.6 is 0 Å². The fraction of sp³-hybridized carbons (Fsp3) is 0.267. The van der Waals surface area contributed by atoms with Gasteiger partial charge in [0.2, 0.25) is 0 Å². The van der Waals surface area contributed by atoms with Crippen LogP contribution in [0.4, 0.5) is 5.82 Å². The topological polar surface area (TPSA) is 55.6 Å². The van der Waals surface area contributed by atoms with E-state index in [1.165, 1.54) is 0 Å². The van der Waals surface area contributed by atoms with Crippen molar-refractivity contribution < 1.29 is 0 Å². The van der Waals surface area contributed by atoms with Crippen molar-refractivity contribution >= 4 is 16.6 Å². The van der Waals surface area contributed by atoms with E-state index < -0.39 is 0 Å². The number of aryl methyl sites for hydroxylation is 1. The number of imidazole rings is 1. The second-order valence-corrected chi connectivity index (χ2v) is 4.73. The maximum absolute atomic E-state index is 4.37. The van der Waals surface area contributed by atoms with Gasteiger partial charge in [-0.1, -0.05) is 31.2 Å². The predicted octanol–water partition coefficient (Wildman–Crippen LogP) is 2.85. The van der Waals surface area contributed by atoms with Gasteiger partial charge in [-0.15, -0.1) is 10.2 Å². The summed E-state index contributed by atoms with van der Waals surface area (Å²) in [7, 11) is 1.96. The van der Waals surface area contributed by atoms with E-state index >= 15 is 0 Å². The van der Waals surface area contributed by atoms with E-state index in [-0.39, 0.29) is 0 Å². The summed E-state index contributed by atoms with van der Waals surface area (Å²) in [4.78, 5) is 4.37. The second-order valence-electron chi connectivity index (χ2n) is 4.73. The predicted molar refractivity (Wildman–Crippen MR) is 80.5 cm³/mol. The van der Waals surface area contributed by atoms with Crippen LogP contribution in [0, 0.1) is 0 Å². The minimum atomic E-state index is 0.815. The number of nitrogens with one attached hydrogen (secondary N) is 1. The van der Waals surface area contributed by atoms with Crippen molar-refractivity contribution in [1.82, 2.24) is 19.7 Å². The lowest BCUT2D eigenvalue weighted by molar-refractivity contribution is 0.904. The molecule has 102 valence electrons. The van der Waals surface area contributed by atoms with Crippen LogP contribution in [0.25, 0.3) is 22.3 Å². The largest absolute Gasteiger partial charge is 0.368 e. The van der Waals surface area contributed by atoms with Gasteiger partial charge in [0.1, 0.15) is 5.69 Å². The van der Waals surface area contributed by atoms with E-state index in [4.69, 9.17) is 0 Å². The number of hydrogen-bond acceptors (Lipinski definition) is 4. The fourth-order valence-electron chi connectivity index (χ4n) is 2.24. The third-order valence-electron chi connectivity index (χ3n) is 3.26. The Kier molecular flexibility index (Phi) is 3.33. The Hall–Kier alpha value is -2.43. The van der Waals surface area contributed by atoms with Crippen LogP contribution < -0.4 is 5.32 Å². The molecule has 2 aromatic heterocycles. The van der Waals surface area contributed by atoms with Crippen molar-refractivity contribution in [1.29, 1.82) is 0 Å². The molecule has 0 bridgehead atoms. The normalized spacial score (nSPS) is 10.9. The molecule has 0 amide bonds. The van der Waals surface area contributed by atoms with E-state index in [2.05, 4.69) is 39.6 Å². The quantitative estimate of drug-likeness (QED) is 0.789. The van der Waals surface area contributed by atoms with Crippen LogP contribution in [-0.2, 0) is 7.05 Å². The minimum Gasteiger partial charge on any atom is -0.368 e. The third kappa shape index (κ3) is 2.11. The molecule has 0 unspecified atom stereocenters. The molecule has 0 spiro atoms. The lowest BCUT2D eigenvalue weighted by Gasteiger charge is -2.10. The average Bonchev–Trinajstić information content (AvgIpc) is 2.91. The molecule has 3 aromatic rings. The van der Waals surface area contributed by atoms with Crippen LogP contribution in [0.15, 0.2) is 36.7 Å². The molecule has 3 rings (SSSR count). The number of benzene rings is 1. The van der Waals surface area contributed by atoms with E-state index in [1.807, 2.05) is 29.9 Å². The molecule has 0 aliphatic heterocycles. The smallest absolute Gasteiger partial charge is 0.160 e. The third-order valence-corrected chi connectivity index (χ3v) is 3.26. The summed E-state index contributed by atoms with van der Waals surface area (Å²) in [6, 6.07) is 8.16. The van der Waals surface area contributed by atoms with Gasteiger partial charge in [-0.05, 0) is 6.42 Å². The van der Waals surface area contributed by atoms with E-state index in [1.54, 1.807) is 6.20 Å².